The lowest BCUT2D eigenvalue weighted by Gasteiger charge is -2.10. The summed E-state index contributed by atoms with van der Waals surface area (Å²) in [7, 11) is 0. The van der Waals surface area contributed by atoms with E-state index < -0.39 is 0 Å². The van der Waals surface area contributed by atoms with Crippen LogP contribution in [-0.4, -0.2) is 26.4 Å². The molecule has 0 unspecified atom stereocenters. The average molecular weight is 473 g/mol. The van der Waals surface area contributed by atoms with E-state index in [9.17, 15) is 4.79 Å². The SMILES string of the molecule is O=C(CCSc1nnc(-c2ccco2)n1Cc1ccccc1)Nc1c(Cl)cccc1Cl. The van der Waals surface area contributed by atoms with E-state index in [-0.39, 0.29) is 12.3 Å². The van der Waals surface area contributed by atoms with Crippen LogP contribution in [0.1, 0.15) is 12.0 Å². The summed E-state index contributed by atoms with van der Waals surface area (Å²) in [5.41, 5.74) is 1.54. The normalized spacial score (nSPS) is 10.9. The van der Waals surface area contributed by atoms with Crippen LogP contribution in [0.3, 0.4) is 0 Å². The van der Waals surface area contributed by atoms with E-state index in [2.05, 4.69) is 15.5 Å². The van der Waals surface area contributed by atoms with Gasteiger partial charge in [0.05, 0.1) is 28.5 Å². The fraction of sp³-hybridized carbons (Fsp3) is 0.136. The number of carbonyl (C=O) groups excluding carboxylic acids is 1. The molecule has 0 spiro atoms. The van der Waals surface area contributed by atoms with Crippen molar-refractivity contribution in [2.75, 3.05) is 11.1 Å². The molecule has 0 aliphatic rings. The maximum Gasteiger partial charge on any atom is 0.225 e. The highest BCUT2D eigenvalue weighted by Crippen LogP contribution is 2.30. The highest BCUT2D eigenvalue weighted by Gasteiger charge is 2.17. The first-order valence-corrected chi connectivity index (χ1v) is 11.2. The molecule has 4 rings (SSSR count). The van der Waals surface area contributed by atoms with Crippen LogP contribution in [0.15, 0.2) is 76.5 Å². The van der Waals surface area contributed by atoms with Crippen LogP contribution in [0.4, 0.5) is 5.69 Å². The van der Waals surface area contributed by atoms with Crippen LogP contribution >= 0.6 is 35.0 Å². The fourth-order valence-electron chi connectivity index (χ4n) is 2.95. The summed E-state index contributed by atoms with van der Waals surface area (Å²) in [5.74, 6) is 1.62. The first-order valence-electron chi connectivity index (χ1n) is 9.49. The number of anilines is 1. The van der Waals surface area contributed by atoms with Crippen molar-refractivity contribution in [1.29, 1.82) is 0 Å². The molecule has 1 N–H and O–H groups in total. The van der Waals surface area contributed by atoms with Crippen molar-refractivity contribution in [2.45, 2.75) is 18.1 Å². The maximum atomic E-state index is 12.4. The number of halogens is 2. The molecule has 0 saturated heterocycles. The zero-order valence-corrected chi connectivity index (χ0v) is 18.6. The number of nitrogens with one attached hydrogen (secondary N) is 1. The lowest BCUT2D eigenvalue weighted by atomic mass is 10.2. The number of rotatable bonds is 8. The molecule has 2 heterocycles. The molecule has 1 amide bonds. The van der Waals surface area contributed by atoms with E-state index in [1.807, 2.05) is 47.0 Å². The zero-order valence-electron chi connectivity index (χ0n) is 16.3. The molecule has 6 nitrogen and oxygen atoms in total. The fourth-order valence-corrected chi connectivity index (χ4v) is 4.31. The first-order chi connectivity index (χ1) is 15.1. The van der Waals surface area contributed by atoms with Crippen molar-refractivity contribution < 1.29 is 9.21 Å². The zero-order chi connectivity index (χ0) is 21.6. The van der Waals surface area contributed by atoms with Gasteiger partial charge in [0.25, 0.3) is 0 Å². The Morgan fingerprint density at radius 3 is 2.48 bits per heavy atom. The van der Waals surface area contributed by atoms with Crippen molar-refractivity contribution in [3.63, 3.8) is 0 Å². The van der Waals surface area contributed by atoms with Gasteiger partial charge in [0, 0.05) is 12.2 Å². The molecular weight excluding hydrogens is 455 g/mol. The predicted molar refractivity (Wildman–Crippen MR) is 124 cm³/mol. The molecule has 2 aromatic carbocycles. The Hall–Kier alpha value is -2.74. The van der Waals surface area contributed by atoms with Gasteiger partial charge in [0.1, 0.15) is 0 Å². The summed E-state index contributed by atoms with van der Waals surface area (Å²) < 4.78 is 7.51. The number of hydrogen-bond donors (Lipinski definition) is 1. The lowest BCUT2D eigenvalue weighted by molar-refractivity contribution is -0.115. The molecule has 9 heteroatoms. The number of aromatic nitrogens is 3. The molecule has 0 aliphatic heterocycles. The van der Waals surface area contributed by atoms with Gasteiger partial charge >= 0.3 is 0 Å². The standard InChI is InChI=1S/C22H18Cl2N4O2S/c23-16-8-4-9-17(24)20(16)25-19(29)11-13-31-22-27-26-21(18-10-5-12-30-18)28(22)14-15-6-2-1-3-7-15/h1-10,12H,11,13-14H2,(H,25,29). The predicted octanol–water partition coefficient (Wildman–Crippen LogP) is 6.01. The lowest BCUT2D eigenvalue weighted by Crippen LogP contribution is -2.13. The van der Waals surface area contributed by atoms with Crippen molar-refractivity contribution in [3.8, 4) is 11.6 Å². The van der Waals surface area contributed by atoms with Gasteiger partial charge in [0.15, 0.2) is 10.9 Å². The maximum absolute atomic E-state index is 12.4. The largest absolute Gasteiger partial charge is 0.461 e. The Balaban J connectivity index is 1.45. The summed E-state index contributed by atoms with van der Waals surface area (Å²) in [6.07, 6.45) is 1.87. The summed E-state index contributed by atoms with van der Waals surface area (Å²) >= 11 is 13.7. The Morgan fingerprint density at radius 1 is 1.00 bits per heavy atom. The summed E-state index contributed by atoms with van der Waals surface area (Å²) in [6, 6.07) is 18.8. The second kappa shape index (κ2) is 10.0. The number of furan rings is 1. The minimum absolute atomic E-state index is 0.178. The van der Waals surface area contributed by atoms with Gasteiger partial charge in [-0.3, -0.25) is 9.36 Å². The average Bonchev–Trinajstić information content (AvgIpc) is 3.42. The molecule has 158 valence electrons. The number of thioether (sulfide) groups is 1. The van der Waals surface area contributed by atoms with E-state index in [1.54, 1.807) is 24.5 Å². The Kier molecular flexibility index (Phi) is 6.96. The molecule has 2 aromatic heterocycles. The van der Waals surface area contributed by atoms with Gasteiger partial charge in [-0.25, -0.2) is 0 Å². The molecule has 0 fully saturated rings. The van der Waals surface area contributed by atoms with E-state index in [1.165, 1.54) is 11.8 Å². The molecule has 31 heavy (non-hydrogen) atoms. The molecule has 0 saturated carbocycles. The Labute approximate surface area is 193 Å². The number of para-hydroxylation sites is 1. The van der Waals surface area contributed by atoms with Crippen LogP contribution in [-0.2, 0) is 11.3 Å². The Morgan fingerprint density at radius 2 is 1.77 bits per heavy atom. The van der Waals surface area contributed by atoms with Crippen molar-refractivity contribution >= 4 is 46.6 Å². The Bertz CT molecular complexity index is 1140. The van der Waals surface area contributed by atoms with E-state index in [0.717, 1.165) is 5.56 Å². The molecule has 0 bridgehead atoms. The van der Waals surface area contributed by atoms with E-state index >= 15 is 0 Å². The van der Waals surface area contributed by atoms with Gasteiger partial charge in [0.2, 0.25) is 11.7 Å². The second-order valence-corrected chi connectivity index (χ2v) is 8.47. The topological polar surface area (TPSA) is 73.0 Å². The monoisotopic (exact) mass is 472 g/mol. The number of benzene rings is 2. The number of nitrogens with zero attached hydrogens (tertiary/aromatic N) is 3. The second-order valence-electron chi connectivity index (χ2n) is 6.60. The van der Waals surface area contributed by atoms with Gasteiger partial charge in [-0.2, -0.15) is 0 Å². The van der Waals surface area contributed by atoms with E-state index in [0.29, 0.717) is 44.8 Å². The van der Waals surface area contributed by atoms with Crippen LogP contribution < -0.4 is 5.32 Å². The minimum atomic E-state index is -0.178. The van der Waals surface area contributed by atoms with Gasteiger partial charge in [-0.15, -0.1) is 10.2 Å². The summed E-state index contributed by atoms with van der Waals surface area (Å²) in [4.78, 5) is 12.4. The van der Waals surface area contributed by atoms with Crippen LogP contribution in [0, 0.1) is 0 Å². The third kappa shape index (κ3) is 5.31. The van der Waals surface area contributed by atoms with E-state index in [4.69, 9.17) is 27.6 Å². The smallest absolute Gasteiger partial charge is 0.225 e. The minimum Gasteiger partial charge on any atom is -0.461 e. The third-order valence-electron chi connectivity index (χ3n) is 4.43. The molecule has 4 aromatic rings. The molecule has 0 atom stereocenters. The highest BCUT2D eigenvalue weighted by molar-refractivity contribution is 7.99. The number of hydrogen-bond acceptors (Lipinski definition) is 5. The molecule has 0 radical (unpaired) electrons. The van der Waals surface area contributed by atoms with Gasteiger partial charge in [-0.05, 0) is 29.8 Å². The highest BCUT2D eigenvalue weighted by atomic mass is 35.5. The number of carbonyl (C=O) groups is 1. The van der Waals surface area contributed by atoms with Crippen molar-refractivity contribution in [3.05, 3.63) is 82.5 Å². The van der Waals surface area contributed by atoms with Crippen LogP contribution in [0.5, 0.6) is 0 Å². The van der Waals surface area contributed by atoms with Crippen LogP contribution in [0.2, 0.25) is 10.0 Å². The van der Waals surface area contributed by atoms with Crippen LogP contribution in [0.25, 0.3) is 11.6 Å². The van der Waals surface area contributed by atoms with Gasteiger partial charge < -0.3 is 9.73 Å². The summed E-state index contributed by atoms with van der Waals surface area (Å²) in [5, 5.41) is 12.9. The molecule has 0 aliphatic carbocycles. The first kappa shape index (κ1) is 21.5. The third-order valence-corrected chi connectivity index (χ3v) is 6.03. The molecular formula is C22H18Cl2N4O2S. The van der Waals surface area contributed by atoms with Crippen molar-refractivity contribution in [2.24, 2.45) is 0 Å². The number of amides is 1. The quantitative estimate of drug-likeness (QED) is 0.317. The summed E-state index contributed by atoms with van der Waals surface area (Å²) in [6.45, 7) is 0.591. The van der Waals surface area contributed by atoms with Gasteiger partial charge in [-0.1, -0.05) is 71.4 Å². The van der Waals surface area contributed by atoms with Crippen molar-refractivity contribution in [1.82, 2.24) is 14.8 Å².